The fourth-order valence-electron chi connectivity index (χ4n) is 1.55. The van der Waals surface area contributed by atoms with Crippen molar-refractivity contribution in [1.29, 1.82) is 0 Å². The summed E-state index contributed by atoms with van der Waals surface area (Å²) in [7, 11) is 0. The standard InChI is InChI=1S/C13H15N3O5/c1-7(17)15-9-4-2-8(3-5-9)13(21)16-10(12(14)20)6-11(18)19/h2-5,10H,6H2,1H3,(H2,14,20)(H,15,17)(H,16,21)(H,18,19)/t10-/m0/s1. The number of nitrogens with one attached hydrogen (secondary N) is 2. The molecule has 1 aromatic carbocycles. The predicted octanol–water partition coefficient (Wildman–Crippen LogP) is -0.297. The van der Waals surface area contributed by atoms with Gasteiger partial charge in [0.1, 0.15) is 6.04 Å². The summed E-state index contributed by atoms with van der Waals surface area (Å²) in [6.45, 7) is 1.35. The number of carboxylic acid groups (broad SMARTS) is 1. The number of nitrogens with two attached hydrogens (primary N) is 1. The molecule has 0 aliphatic heterocycles. The lowest BCUT2D eigenvalue weighted by molar-refractivity contribution is -0.139. The summed E-state index contributed by atoms with van der Waals surface area (Å²) >= 11 is 0. The van der Waals surface area contributed by atoms with Gasteiger partial charge in [-0.3, -0.25) is 19.2 Å². The molecule has 0 heterocycles. The minimum absolute atomic E-state index is 0.209. The Labute approximate surface area is 120 Å². The molecule has 1 aromatic rings. The number of benzene rings is 1. The monoisotopic (exact) mass is 293 g/mol. The van der Waals surface area contributed by atoms with Crippen molar-refractivity contribution in [3.63, 3.8) is 0 Å². The molecule has 1 rings (SSSR count). The number of hydrogen-bond donors (Lipinski definition) is 4. The van der Waals surface area contributed by atoms with E-state index in [1.807, 2.05) is 0 Å². The van der Waals surface area contributed by atoms with Crippen LogP contribution in [0.2, 0.25) is 0 Å². The van der Waals surface area contributed by atoms with Crippen molar-refractivity contribution in [2.45, 2.75) is 19.4 Å². The molecule has 0 radical (unpaired) electrons. The molecule has 0 aromatic heterocycles. The van der Waals surface area contributed by atoms with Gasteiger partial charge in [0.2, 0.25) is 11.8 Å². The molecule has 5 N–H and O–H groups in total. The number of aliphatic carboxylic acids is 1. The minimum Gasteiger partial charge on any atom is -0.481 e. The lowest BCUT2D eigenvalue weighted by Crippen LogP contribution is -2.45. The maximum atomic E-state index is 11.9. The summed E-state index contributed by atoms with van der Waals surface area (Å²) in [5.41, 5.74) is 5.75. The van der Waals surface area contributed by atoms with Gasteiger partial charge in [0, 0.05) is 18.2 Å². The van der Waals surface area contributed by atoms with Crippen molar-refractivity contribution in [2.24, 2.45) is 5.73 Å². The molecule has 8 nitrogen and oxygen atoms in total. The van der Waals surface area contributed by atoms with E-state index in [1.54, 1.807) is 0 Å². The highest BCUT2D eigenvalue weighted by Crippen LogP contribution is 2.09. The van der Waals surface area contributed by atoms with E-state index < -0.39 is 30.2 Å². The Kier molecular flexibility index (Phi) is 5.41. The number of carboxylic acids is 1. The van der Waals surface area contributed by atoms with Crippen molar-refractivity contribution >= 4 is 29.4 Å². The molecular formula is C13H15N3O5. The van der Waals surface area contributed by atoms with Crippen LogP contribution >= 0.6 is 0 Å². The summed E-state index contributed by atoms with van der Waals surface area (Å²) < 4.78 is 0. The van der Waals surface area contributed by atoms with E-state index in [1.165, 1.54) is 31.2 Å². The average molecular weight is 293 g/mol. The van der Waals surface area contributed by atoms with Crippen molar-refractivity contribution in [1.82, 2.24) is 5.32 Å². The van der Waals surface area contributed by atoms with Crippen LogP contribution in [0.4, 0.5) is 5.69 Å². The number of hydrogen-bond acceptors (Lipinski definition) is 4. The first-order valence-corrected chi connectivity index (χ1v) is 5.99. The molecule has 8 heteroatoms. The molecule has 0 unspecified atom stereocenters. The van der Waals surface area contributed by atoms with Crippen LogP contribution in [0.25, 0.3) is 0 Å². The highest BCUT2D eigenvalue weighted by molar-refractivity contribution is 5.98. The Hall–Kier alpha value is -2.90. The van der Waals surface area contributed by atoms with E-state index in [0.717, 1.165) is 0 Å². The first kappa shape index (κ1) is 16.2. The Morgan fingerprint density at radius 3 is 2.19 bits per heavy atom. The third-order valence-electron chi connectivity index (χ3n) is 2.49. The zero-order chi connectivity index (χ0) is 16.0. The number of amides is 3. The summed E-state index contributed by atoms with van der Waals surface area (Å²) in [6, 6.07) is 4.59. The summed E-state index contributed by atoms with van der Waals surface area (Å²) in [6.07, 6.45) is -0.592. The Morgan fingerprint density at radius 2 is 1.76 bits per heavy atom. The van der Waals surface area contributed by atoms with Crippen LogP contribution in [0.15, 0.2) is 24.3 Å². The first-order chi connectivity index (χ1) is 9.79. The number of rotatable bonds is 6. The number of primary amides is 1. The van der Waals surface area contributed by atoms with E-state index in [9.17, 15) is 19.2 Å². The SMILES string of the molecule is CC(=O)Nc1ccc(C(=O)N[C@@H](CC(=O)O)C(N)=O)cc1. The Morgan fingerprint density at radius 1 is 1.19 bits per heavy atom. The minimum atomic E-state index is -1.29. The molecule has 0 aliphatic rings. The van der Waals surface area contributed by atoms with Crippen LogP contribution in [0.3, 0.4) is 0 Å². The van der Waals surface area contributed by atoms with Gasteiger partial charge < -0.3 is 21.5 Å². The van der Waals surface area contributed by atoms with Gasteiger partial charge in [-0.15, -0.1) is 0 Å². The lowest BCUT2D eigenvalue weighted by Gasteiger charge is -2.13. The number of carbonyl (C=O) groups is 4. The second-order valence-electron chi connectivity index (χ2n) is 4.28. The van der Waals surface area contributed by atoms with Gasteiger partial charge in [0.05, 0.1) is 6.42 Å². The molecule has 0 bridgehead atoms. The zero-order valence-corrected chi connectivity index (χ0v) is 11.3. The normalized spacial score (nSPS) is 11.3. The maximum absolute atomic E-state index is 11.9. The molecule has 0 saturated carbocycles. The summed E-state index contributed by atoms with van der Waals surface area (Å²) in [4.78, 5) is 44.4. The largest absolute Gasteiger partial charge is 0.481 e. The van der Waals surface area contributed by atoms with Gasteiger partial charge >= 0.3 is 5.97 Å². The van der Waals surface area contributed by atoms with E-state index in [2.05, 4.69) is 10.6 Å². The quantitative estimate of drug-likeness (QED) is 0.570. The van der Waals surface area contributed by atoms with Gasteiger partial charge in [-0.1, -0.05) is 0 Å². The molecular weight excluding hydrogens is 278 g/mol. The molecule has 0 spiro atoms. The van der Waals surface area contributed by atoms with E-state index in [-0.39, 0.29) is 11.5 Å². The van der Waals surface area contributed by atoms with Crippen LogP contribution in [0.1, 0.15) is 23.7 Å². The van der Waals surface area contributed by atoms with E-state index in [4.69, 9.17) is 10.8 Å². The van der Waals surface area contributed by atoms with E-state index in [0.29, 0.717) is 5.69 Å². The fourth-order valence-corrected chi connectivity index (χ4v) is 1.55. The highest BCUT2D eigenvalue weighted by atomic mass is 16.4. The third kappa shape index (κ3) is 5.31. The smallest absolute Gasteiger partial charge is 0.305 e. The second kappa shape index (κ2) is 7.04. The molecule has 0 saturated heterocycles. The average Bonchev–Trinajstić information content (AvgIpc) is 2.37. The zero-order valence-electron chi connectivity index (χ0n) is 11.3. The molecule has 3 amide bonds. The van der Waals surface area contributed by atoms with Crippen molar-refractivity contribution in [2.75, 3.05) is 5.32 Å². The highest BCUT2D eigenvalue weighted by Gasteiger charge is 2.21. The van der Waals surface area contributed by atoms with Crippen LogP contribution in [-0.2, 0) is 14.4 Å². The molecule has 21 heavy (non-hydrogen) atoms. The van der Waals surface area contributed by atoms with Gasteiger partial charge in [-0.05, 0) is 24.3 Å². The third-order valence-corrected chi connectivity index (χ3v) is 2.49. The van der Waals surface area contributed by atoms with Gasteiger partial charge in [-0.25, -0.2) is 0 Å². The van der Waals surface area contributed by atoms with Gasteiger partial charge in [0.15, 0.2) is 0 Å². The van der Waals surface area contributed by atoms with Gasteiger partial charge in [0.25, 0.3) is 5.91 Å². The van der Waals surface area contributed by atoms with Gasteiger partial charge in [-0.2, -0.15) is 0 Å². The van der Waals surface area contributed by atoms with Crippen molar-refractivity contribution < 1.29 is 24.3 Å². The van der Waals surface area contributed by atoms with Crippen LogP contribution in [0.5, 0.6) is 0 Å². The summed E-state index contributed by atoms with van der Waals surface area (Å²) in [5.74, 6) is -3.06. The first-order valence-electron chi connectivity index (χ1n) is 5.99. The summed E-state index contributed by atoms with van der Waals surface area (Å²) in [5, 5.41) is 13.4. The fraction of sp³-hybridized carbons (Fsp3) is 0.231. The lowest BCUT2D eigenvalue weighted by atomic mass is 10.1. The van der Waals surface area contributed by atoms with Crippen molar-refractivity contribution in [3.8, 4) is 0 Å². The molecule has 1 atom stereocenters. The second-order valence-corrected chi connectivity index (χ2v) is 4.28. The number of carbonyl (C=O) groups excluding carboxylic acids is 3. The topological polar surface area (TPSA) is 139 Å². The Bertz CT molecular complexity index is 568. The molecule has 112 valence electrons. The maximum Gasteiger partial charge on any atom is 0.305 e. The van der Waals surface area contributed by atoms with Crippen LogP contribution < -0.4 is 16.4 Å². The molecule has 0 fully saturated rings. The van der Waals surface area contributed by atoms with E-state index >= 15 is 0 Å². The van der Waals surface area contributed by atoms with Crippen LogP contribution in [-0.4, -0.2) is 34.8 Å². The van der Waals surface area contributed by atoms with Crippen LogP contribution in [0, 0.1) is 0 Å². The van der Waals surface area contributed by atoms with Crippen molar-refractivity contribution in [3.05, 3.63) is 29.8 Å². The Balaban J connectivity index is 2.76. The molecule has 0 aliphatic carbocycles. The predicted molar refractivity (Wildman–Crippen MR) is 73.4 cm³/mol. The number of anilines is 1.